The van der Waals surface area contributed by atoms with Gasteiger partial charge in [0.15, 0.2) is 0 Å². The number of nitrogens with one attached hydrogen (secondary N) is 1. The van der Waals surface area contributed by atoms with E-state index in [0.29, 0.717) is 19.6 Å². The fourth-order valence-corrected chi connectivity index (χ4v) is 3.25. The van der Waals surface area contributed by atoms with Crippen LogP contribution < -0.4 is 5.32 Å². The number of methoxy groups -OCH3 is 1. The van der Waals surface area contributed by atoms with E-state index < -0.39 is 0 Å². The van der Waals surface area contributed by atoms with Crippen molar-refractivity contribution in [1.29, 1.82) is 0 Å². The average Bonchev–Trinajstić information content (AvgIpc) is 2.53. The summed E-state index contributed by atoms with van der Waals surface area (Å²) in [4.78, 5) is 11.9. The summed E-state index contributed by atoms with van der Waals surface area (Å²) in [7, 11) is 1.69. The van der Waals surface area contributed by atoms with Gasteiger partial charge in [0.2, 0.25) is 5.91 Å². The number of hydrogen-bond acceptors (Lipinski definition) is 4. The quantitative estimate of drug-likeness (QED) is 0.785. The number of ether oxygens (including phenoxy) is 2. The second kappa shape index (κ2) is 9.07. The monoisotopic (exact) mass is 309 g/mol. The molecule has 1 aromatic carbocycles. The molecule has 0 bridgehead atoms. The van der Waals surface area contributed by atoms with Crippen molar-refractivity contribution < 1.29 is 14.3 Å². The third-order valence-electron chi connectivity index (χ3n) is 3.53. The second-order valence-corrected chi connectivity index (χ2v) is 6.21. The van der Waals surface area contributed by atoms with Gasteiger partial charge in [-0.2, -0.15) is 11.8 Å². The van der Waals surface area contributed by atoms with E-state index in [9.17, 15) is 4.79 Å². The van der Waals surface area contributed by atoms with Gasteiger partial charge in [0.1, 0.15) is 0 Å². The van der Waals surface area contributed by atoms with Crippen LogP contribution in [0.25, 0.3) is 0 Å². The third kappa shape index (κ3) is 5.69. The molecular weight excluding hydrogens is 286 g/mol. The number of rotatable bonds is 7. The second-order valence-electron chi connectivity index (χ2n) is 5.10. The standard InChI is InChI=1S/C16H23NO3S/c1-19-15-7-9-20-11-14(15)17-16(18)8-10-21-12-13-5-3-2-4-6-13/h2-6,14-15H,7-12H2,1H3,(H,17,18)/t14-,15-/m1/s1. The van der Waals surface area contributed by atoms with Gasteiger partial charge in [-0.1, -0.05) is 30.3 Å². The molecule has 1 amide bonds. The van der Waals surface area contributed by atoms with E-state index in [0.717, 1.165) is 17.9 Å². The van der Waals surface area contributed by atoms with Crippen molar-refractivity contribution in [3.63, 3.8) is 0 Å². The van der Waals surface area contributed by atoms with Crippen LogP contribution in [0.15, 0.2) is 30.3 Å². The van der Waals surface area contributed by atoms with E-state index in [1.807, 2.05) is 18.2 Å². The Labute approximate surface area is 130 Å². The van der Waals surface area contributed by atoms with Crippen LogP contribution in [0.1, 0.15) is 18.4 Å². The van der Waals surface area contributed by atoms with E-state index in [1.54, 1.807) is 18.9 Å². The lowest BCUT2D eigenvalue weighted by Gasteiger charge is -2.31. The van der Waals surface area contributed by atoms with Crippen LogP contribution in [0, 0.1) is 0 Å². The zero-order valence-corrected chi connectivity index (χ0v) is 13.2. The molecule has 0 radical (unpaired) electrons. The lowest BCUT2D eigenvalue weighted by atomic mass is 10.1. The van der Waals surface area contributed by atoms with Gasteiger partial charge in [0.25, 0.3) is 0 Å². The Kier molecular flexibility index (Phi) is 7.06. The Hall–Kier alpha value is -1.04. The molecule has 21 heavy (non-hydrogen) atoms. The smallest absolute Gasteiger partial charge is 0.221 e. The first-order chi connectivity index (χ1) is 10.3. The molecule has 1 N–H and O–H groups in total. The topological polar surface area (TPSA) is 47.6 Å². The normalized spacial score (nSPS) is 22.0. The largest absolute Gasteiger partial charge is 0.379 e. The molecule has 116 valence electrons. The molecule has 1 aromatic rings. The van der Waals surface area contributed by atoms with Crippen LogP contribution in [0.4, 0.5) is 0 Å². The average molecular weight is 309 g/mol. The summed E-state index contributed by atoms with van der Waals surface area (Å²) in [5.41, 5.74) is 1.29. The summed E-state index contributed by atoms with van der Waals surface area (Å²) >= 11 is 1.78. The maximum Gasteiger partial charge on any atom is 0.221 e. The van der Waals surface area contributed by atoms with Crippen LogP contribution >= 0.6 is 11.8 Å². The van der Waals surface area contributed by atoms with Crippen molar-refractivity contribution in [2.75, 3.05) is 26.1 Å². The molecule has 1 fully saturated rings. The number of hydrogen-bond donors (Lipinski definition) is 1. The minimum absolute atomic E-state index is 0.0182. The molecule has 0 saturated carbocycles. The zero-order valence-electron chi connectivity index (χ0n) is 12.4. The Morgan fingerprint density at radius 1 is 1.43 bits per heavy atom. The van der Waals surface area contributed by atoms with Crippen LogP contribution in [0.2, 0.25) is 0 Å². The molecule has 2 rings (SSSR count). The molecule has 1 heterocycles. The van der Waals surface area contributed by atoms with E-state index in [4.69, 9.17) is 9.47 Å². The molecule has 0 aromatic heterocycles. The van der Waals surface area contributed by atoms with Gasteiger partial charge >= 0.3 is 0 Å². The van der Waals surface area contributed by atoms with Gasteiger partial charge in [-0.05, 0) is 12.0 Å². The summed E-state index contributed by atoms with van der Waals surface area (Å²) in [6.07, 6.45) is 1.44. The Bertz CT molecular complexity index is 427. The van der Waals surface area contributed by atoms with Gasteiger partial charge < -0.3 is 14.8 Å². The molecule has 0 unspecified atom stereocenters. The number of amides is 1. The first-order valence-corrected chi connectivity index (χ1v) is 8.46. The highest BCUT2D eigenvalue weighted by Crippen LogP contribution is 2.14. The fraction of sp³-hybridized carbons (Fsp3) is 0.562. The predicted octanol–water partition coefficient (Wildman–Crippen LogP) is 2.23. The van der Waals surface area contributed by atoms with Gasteiger partial charge in [0, 0.05) is 31.6 Å². The van der Waals surface area contributed by atoms with Crippen molar-refractivity contribution >= 4 is 17.7 Å². The van der Waals surface area contributed by atoms with Gasteiger partial charge in [-0.3, -0.25) is 4.79 Å². The molecule has 0 aliphatic carbocycles. The summed E-state index contributed by atoms with van der Waals surface area (Å²) in [6, 6.07) is 10.3. The van der Waals surface area contributed by atoms with E-state index in [2.05, 4.69) is 17.4 Å². The van der Waals surface area contributed by atoms with Crippen molar-refractivity contribution in [3.05, 3.63) is 35.9 Å². The highest BCUT2D eigenvalue weighted by Gasteiger charge is 2.26. The molecule has 4 nitrogen and oxygen atoms in total. The highest BCUT2D eigenvalue weighted by molar-refractivity contribution is 7.98. The number of carbonyl (C=O) groups is 1. The molecule has 1 aliphatic rings. The van der Waals surface area contributed by atoms with Crippen molar-refractivity contribution in [2.24, 2.45) is 0 Å². The van der Waals surface area contributed by atoms with E-state index in [-0.39, 0.29) is 18.1 Å². The van der Waals surface area contributed by atoms with E-state index in [1.165, 1.54) is 5.56 Å². The minimum atomic E-state index is -0.0182. The third-order valence-corrected chi connectivity index (χ3v) is 4.56. The summed E-state index contributed by atoms with van der Waals surface area (Å²) in [5.74, 6) is 1.85. The Balaban J connectivity index is 1.63. The first-order valence-electron chi connectivity index (χ1n) is 7.31. The van der Waals surface area contributed by atoms with Crippen LogP contribution in [0.3, 0.4) is 0 Å². The summed E-state index contributed by atoms with van der Waals surface area (Å²) < 4.78 is 10.8. The molecule has 1 aliphatic heterocycles. The molecular formula is C16H23NO3S. The summed E-state index contributed by atoms with van der Waals surface area (Å²) in [6.45, 7) is 1.25. The van der Waals surface area contributed by atoms with Crippen molar-refractivity contribution in [2.45, 2.75) is 30.7 Å². The maximum atomic E-state index is 11.9. The lowest BCUT2D eigenvalue weighted by Crippen LogP contribution is -2.50. The van der Waals surface area contributed by atoms with E-state index >= 15 is 0 Å². The number of benzene rings is 1. The van der Waals surface area contributed by atoms with Crippen molar-refractivity contribution in [1.82, 2.24) is 5.32 Å². The van der Waals surface area contributed by atoms with Gasteiger partial charge in [-0.25, -0.2) is 0 Å². The SMILES string of the molecule is CO[C@@H]1CCOC[C@H]1NC(=O)CCSCc1ccccc1. The molecule has 1 saturated heterocycles. The lowest BCUT2D eigenvalue weighted by molar-refractivity contribution is -0.124. The first kappa shape index (κ1) is 16.3. The van der Waals surface area contributed by atoms with Crippen LogP contribution in [-0.2, 0) is 20.0 Å². The van der Waals surface area contributed by atoms with Crippen molar-refractivity contribution in [3.8, 4) is 0 Å². The molecule has 2 atom stereocenters. The van der Waals surface area contributed by atoms with Crippen LogP contribution in [-0.4, -0.2) is 44.1 Å². The summed E-state index contributed by atoms with van der Waals surface area (Å²) in [5, 5.41) is 3.02. The minimum Gasteiger partial charge on any atom is -0.379 e. The Morgan fingerprint density at radius 2 is 2.24 bits per heavy atom. The number of carbonyl (C=O) groups excluding carboxylic acids is 1. The highest BCUT2D eigenvalue weighted by atomic mass is 32.2. The fourth-order valence-electron chi connectivity index (χ4n) is 2.34. The van der Waals surface area contributed by atoms with Gasteiger partial charge in [0.05, 0.1) is 18.8 Å². The maximum absolute atomic E-state index is 11.9. The molecule has 5 heteroatoms. The zero-order chi connectivity index (χ0) is 14.9. The Morgan fingerprint density at radius 3 is 3.00 bits per heavy atom. The van der Waals surface area contributed by atoms with Gasteiger partial charge in [-0.15, -0.1) is 0 Å². The predicted molar refractivity (Wildman–Crippen MR) is 85.4 cm³/mol. The van der Waals surface area contributed by atoms with Crippen LogP contribution in [0.5, 0.6) is 0 Å². The number of thioether (sulfide) groups is 1. The molecule has 0 spiro atoms.